The highest BCUT2D eigenvalue weighted by Gasteiger charge is 2.16. The Kier molecular flexibility index (Phi) is 3.88. The van der Waals surface area contributed by atoms with Crippen LogP contribution in [0.4, 0.5) is 8.78 Å². The number of alkyl halides is 3. The van der Waals surface area contributed by atoms with E-state index in [1.165, 1.54) is 6.07 Å². The fourth-order valence-electron chi connectivity index (χ4n) is 0.767. The summed E-state index contributed by atoms with van der Waals surface area (Å²) < 4.78 is 24.5. The van der Waals surface area contributed by atoms with Gasteiger partial charge in [0.05, 0.1) is 15.7 Å². The van der Waals surface area contributed by atoms with Gasteiger partial charge < -0.3 is 0 Å². The van der Waals surface area contributed by atoms with E-state index in [2.05, 4.69) is 20.9 Å². The molecule has 0 amide bonds. The molecule has 1 aromatic heterocycles. The first-order valence-electron chi connectivity index (χ1n) is 3.25. The van der Waals surface area contributed by atoms with E-state index in [0.717, 1.165) is 0 Å². The van der Waals surface area contributed by atoms with Crippen molar-refractivity contribution in [2.75, 3.05) is 0 Å². The summed E-state index contributed by atoms with van der Waals surface area (Å²) in [5, 5.41) is 0.499. The molecule has 72 valence electrons. The van der Waals surface area contributed by atoms with Crippen molar-refractivity contribution in [2.45, 2.75) is 11.8 Å². The van der Waals surface area contributed by atoms with Crippen molar-refractivity contribution < 1.29 is 8.78 Å². The van der Waals surface area contributed by atoms with Crippen LogP contribution in [-0.4, -0.2) is 4.98 Å². The molecule has 0 radical (unpaired) electrons. The lowest BCUT2D eigenvalue weighted by Crippen LogP contribution is -1.96. The molecule has 0 fully saturated rings. The molecule has 1 aromatic rings. The highest BCUT2D eigenvalue weighted by molar-refractivity contribution is 9.08. The van der Waals surface area contributed by atoms with E-state index >= 15 is 0 Å². The number of hydrogen-bond donors (Lipinski definition) is 0. The van der Waals surface area contributed by atoms with Gasteiger partial charge >= 0.3 is 0 Å². The van der Waals surface area contributed by atoms with E-state index in [1.807, 2.05) is 0 Å². The highest BCUT2D eigenvalue weighted by Crippen LogP contribution is 2.29. The minimum Gasteiger partial charge on any atom is -0.248 e. The summed E-state index contributed by atoms with van der Waals surface area (Å²) in [7, 11) is 0. The molecular weight excluding hydrogens is 287 g/mol. The second kappa shape index (κ2) is 4.53. The Morgan fingerprint density at radius 1 is 1.38 bits per heavy atom. The third kappa shape index (κ3) is 2.51. The maximum atomic E-state index is 12.3. The molecule has 13 heavy (non-hydrogen) atoms. The summed E-state index contributed by atoms with van der Waals surface area (Å²) >= 11 is 14.3. The van der Waals surface area contributed by atoms with Crippen molar-refractivity contribution in [3.8, 4) is 0 Å². The molecule has 0 saturated heterocycles. The molecule has 6 heteroatoms. The standard InChI is InChI=1S/C7H4BrCl2F2N/c8-2-5-3(9)1-4(10)6(13-5)7(11)12/h1,7H,2H2. The summed E-state index contributed by atoms with van der Waals surface area (Å²) in [5.41, 5.74) is -0.0677. The Morgan fingerprint density at radius 2 is 2.00 bits per heavy atom. The molecule has 0 aliphatic carbocycles. The van der Waals surface area contributed by atoms with Crippen molar-refractivity contribution in [3.05, 3.63) is 27.5 Å². The predicted octanol–water partition coefficient (Wildman–Crippen LogP) is 4.22. The van der Waals surface area contributed by atoms with Crippen LogP contribution < -0.4 is 0 Å². The van der Waals surface area contributed by atoms with Crippen LogP contribution in [0.1, 0.15) is 17.8 Å². The van der Waals surface area contributed by atoms with Crippen molar-refractivity contribution >= 4 is 39.1 Å². The summed E-state index contributed by atoms with van der Waals surface area (Å²) in [4.78, 5) is 3.63. The fourth-order valence-corrected chi connectivity index (χ4v) is 1.86. The molecule has 0 N–H and O–H groups in total. The van der Waals surface area contributed by atoms with E-state index in [1.54, 1.807) is 0 Å². The highest BCUT2D eigenvalue weighted by atomic mass is 79.9. The number of rotatable bonds is 2. The number of hydrogen-bond acceptors (Lipinski definition) is 1. The maximum absolute atomic E-state index is 12.3. The third-order valence-electron chi connectivity index (χ3n) is 1.36. The van der Waals surface area contributed by atoms with Crippen LogP contribution in [-0.2, 0) is 5.33 Å². The Balaban J connectivity index is 3.22. The first-order valence-corrected chi connectivity index (χ1v) is 5.13. The van der Waals surface area contributed by atoms with Crippen LogP contribution in [0.2, 0.25) is 10.0 Å². The Hall–Kier alpha value is 0.0700. The Labute approximate surface area is 92.2 Å². The van der Waals surface area contributed by atoms with Gasteiger partial charge in [-0.1, -0.05) is 39.1 Å². The smallest absolute Gasteiger partial charge is 0.248 e. The minimum atomic E-state index is -2.68. The number of pyridine rings is 1. The molecule has 0 atom stereocenters. The SMILES string of the molecule is FC(F)c1nc(CBr)c(Cl)cc1Cl. The van der Waals surface area contributed by atoms with Gasteiger partial charge in [0.15, 0.2) is 0 Å². The van der Waals surface area contributed by atoms with Crippen LogP contribution in [0, 0.1) is 0 Å². The lowest BCUT2D eigenvalue weighted by atomic mass is 10.3. The van der Waals surface area contributed by atoms with Crippen LogP contribution in [0.15, 0.2) is 6.07 Å². The van der Waals surface area contributed by atoms with Crippen LogP contribution in [0.3, 0.4) is 0 Å². The molecule has 0 bridgehead atoms. The molecule has 1 heterocycles. The van der Waals surface area contributed by atoms with E-state index in [9.17, 15) is 8.78 Å². The van der Waals surface area contributed by atoms with Crippen LogP contribution in [0.5, 0.6) is 0 Å². The summed E-state index contributed by atoms with van der Waals surface area (Å²) in [5.74, 6) is 0. The summed E-state index contributed by atoms with van der Waals surface area (Å²) in [6, 6.07) is 1.27. The Bertz CT molecular complexity index is 320. The zero-order valence-corrected chi connectivity index (χ0v) is 9.30. The van der Waals surface area contributed by atoms with E-state index in [-0.39, 0.29) is 10.0 Å². The minimum absolute atomic E-state index is 0.107. The molecule has 0 aliphatic heterocycles. The summed E-state index contributed by atoms with van der Waals surface area (Å²) in [6.07, 6.45) is -2.68. The van der Waals surface area contributed by atoms with Crippen LogP contribution in [0.25, 0.3) is 0 Å². The molecule has 1 rings (SSSR count). The molecular formula is C7H4BrCl2F2N. The molecule has 0 spiro atoms. The number of halogens is 5. The topological polar surface area (TPSA) is 12.9 Å². The van der Waals surface area contributed by atoms with Crippen molar-refractivity contribution in [3.63, 3.8) is 0 Å². The fraction of sp³-hybridized carbons (Fsp3) is 0.286. The van der Waals surface area contributed by atoms with E-state index < -0.39 is 12.1 Å². The zero-order valence-electron chi connectivity index (χ0n) is 6.20. The van der Waals surface area contributed by atoms with Crippen molar-refractivity contribution in [2.24, 2.45) is 0 Å². The van der Waals surface area contributed by atoms with Gasteiger partial charge in [-0.2, -0.15) is 0 Å². The summed E-state index contributed by atoms with van der Waals surface area (Å²) in [6.45, 7) is 0. The lowest BCUT2D eigenvalue weighted by molar-refractivity contribution is 0.146. The average Bonchev–Trinajstić information content (AvgIpc) is 2.03. The molecule has 0 aliphatic rings. The largest absolute Gasteiger partial charge is 0.281 e. The van der Waals surface area contributed by atoms with E-state index in [0.29, 0.717) is 11.0 Å². The molecule has 1 nitrogen and oxygen atoms in total. The van der Waals surface area contributed by atoms with Gasteiger partial charge in [0.2, 0.25) is 0 Å². The quantitative estimate of drug-likeness (QED) is 0.743. The normalized spacial score (nSPS) is 10.9. The van der Waals surface area contributed by atoms with Gasteiger partial charge in [-0.05, 0) is 6.07 Å². The zero-order chi connectivity index (χ0) is 10.0. The number of nitrogens with zero attached hydrogens (tertiary/aromatic N) is 1. The van der Waals surface area contributed by atoms with Gasteiger partial charge in [0.25, 0.3) is 6.43 Å². The maximum Gasteiger partial charge on any atom is 0.281 e. The predicted molar refractivity (Wildman–Crippen MR) is 51.8 cm³/mol. The van der Waals surface area contributed by atoms with Gasteiger partial charge in [0.1, 0.15) is 5.69 Å². The number of aromatic nitrogens is 1. The van der Waals surface area contributed by atoms with Crippen molar-refractivity contribution in [1.29, 1.82) is 0 Å². The monoisotopic (exact) mass is 289 g/mol. The molecule has 0 aromatic carbocycles. The molecule has 0 saturated carbocycles. The second-order valence-electron chi connectivity index (χ2n) is 2.22. The first-order chi connectivity index (χ1) is 6.06. The van der Waals surface area contributed by atoms with Crippen molar-refractivity contribution in [1.82, 2.24) is 4.98 Å². The average molecular weight is 291 g/mol. The first kappa shape index (κ1) is 11.1. The van der Waals surface area contributed by atoms with Crippen LogP contribution >= 0.6 is 39.1 Å². The van der Waals surface area contributed by atoms with Gasteiger partial charge in [-0.15, -0.1) is 0 Å². The second-order valence-corrected chi connectivity index (χ2v) is 3.59. The third-order valence-corrected chi connectivity index (χ3v) is 2.52. The van der Waals surface area contributed by atoms with Gasteiger partial charge in [-0.3, -0.25) is 0 Å². The van der Waals surface area contributed by atoms with Gasteiger partial charge in [-0.25, -0.2) is 13.8 Å². The van der Waals surface area contributed by atoms with Gasteiger partial charge in [0, 0.05) is 5.33 Å². The van der Waals surface area contributed by atoms with E-state index in [4.69, 9.17) is 23.2 Å². The molecule has 0 unspecified atom stereocenters. The lowest BCUT2D eigenvalue weighted by Gasteiger charge is -2.05. The Morgan fingerprint density at radius 3 is 2.46 bits per heavy atom.